The third-order valence-electron chi connectivity index (χ3n) is 4.10. The molecule has 2 atom stereocenters. The van der Waals surface area contributed by atoms with Gasteiger partial charge in [-0.05, 0) is 41.0 Å². The lowest BCUT2D eigenvalue weighted by molar-refractivity contribution is 0.423. The number of hydrogen-bond donors (Lipinski definition) is 1. The SMILES string of the molecule is Cc1ccc([C@H]2C[C@@H](c3cccnc3)Nc3nnnn32)cc1. The summed E-state index contributed by atoms with van der Waals surface area (Å²) in [5, 5.41) is 15.4. The first kappa shape index (κ1) is 12.9. The van der Waals surface area contributed by atoms with Gasteiger partial charge < -0.3 is 5.32 Å². The molecule has 0 amide bonds. The molecule has 0 aliphatic carbocycles. The summed E-state index contributed by atoms with van der Waals surface area (Å²) in [5.41, 5.74) is 3.61. The van der Waals surface area contributed by atoms with Crippen molar-refractivity contribution in [2.24, 2.45) is 0 Å². The number of nitrogens with zero attached hydrogens (tertiary/aromatic N) is 5. The summed E-state index contributed by atoms with van der Waals surface area (Å²) in [6.45, 7) is 2.09. The number of fused-ring (bicyclic) bond motifs is 1. The van der Waals surface area contributed by atoms with Gasteiger partial charge in [-0.1, -0.05) is 41.0 Å². The molecule has 0 radical (unpaired) electrons. The van der Waals surface area contributed by atoms with Crippen LogP contribution < -0.4 is 5.32 Å². The average molecular weight is 292 g/mol. The summed E-state index contributed by atoms with van der Waals surface area (Å²) in [7, 11) is 0. The zero-order chi connectivity index (χ0) is 14.9. The van der Waals surface area contributed by atoms with Crippen LogP contribution in [0.15, 0.2) is 48.8 Å². The molecule has 2 aromatic heterocycles. The Morgan fingerprint density at radius 3 is 2.77 bits per heavy atom. The topological polar surface area (TPSA) is 68.5 Å². The monoisotopic (exact) mass is 292 g/mol. The Balaban J connectivity index is 1.73. The number of rotatable bonds is 2. The molecule has 0 fully saturated rings. The molecule has 4 rings (SSSR count). The quantitative estimate of drug-likeness (QED) is 0.786. The van der Waals surface area contributed by atoms with Crippen LogP contribution in [-0.2, 0) is 0 Å². The smallest absolute Gasteiger partial charge is 0.243 e. The molecule has 22 heavy (non-hydrogen) atoms. The largest absolute Gasteiger partial charge is 0.346 e. The van der Waals surface area contributed by atoms with Crippen LogP contribution in [0.3, 0.4) is 0 Å². The summed E-state index contributed by atoms with van der Waals surface area (Å²) >= 11 is 0. The van der Waals surface area contributed by atoms with Gasteiger partial charge in [-0.15, -0.1) is 0 Å². The van der Waals surface area contributed by atoms with Crippen molar-refractivity contribution in [2.75, 3.05) is 5.32 Å². The minimum atomic E-state index is 0.122. The minimum Gasteiger partial charge on any atom is -0.346 e. The fourth-order valence-electron chi connectivity index (χ4n) is 2.90. The second-order valence-corrected chi connectivity index (χ2v) is 5.59. The molecule has 1 N–H and O–H groups in total. The summed E-state index contributed by atoms with van der Waals surface area (Å²) in [6.07, 6.45) is 4.56. The highest BCUT2D eigenvalue weighted by Crippen LogP contribution is 2.36. The Bertz CT molecular complexity index is 765. The molecular formula is C16H16N6. The fraction of sp³-hybridized carbons (Fsp3) is 0.250. The lowest BCUT2D eigenvalue weighted by atomic mass is 9.94. The highest BCUT2D eigenvalue weighted by Gasteiger charge is 2.30. The zero-order valence-electron chi connectivity index (χ0n) is 12.2. The van der Waals surface area contributed by atoms with E-state index in [0.29, 0.717) is 5.95 Å². The maximum atomic E-state index is 4.21. The Morgan fingerprint density at radius 1 is 1.14 bits per heavy atom. The van der Waals surface area contributed by atoms with Crippen LogP contribution in [0.2, 0.25) is 0 Å². The average Bonchev–Trinajstić information content (AvgIpc) is 3.04. The molecule has 0 saturated heterocycles. The number of hydrogen-bond acceptors (Lipinski definition) is 5. The molecule has 0 spiro atoms. The molecule has 6 nitrogen and oxygen atoms in total. The summed E-state index contributed by atoms with van der Waals surface area (Å²) in [4.78, 5) is 4.21. The van der Waals surface area contributed by atoms with Crippen molar-refractivity contribution >= 4 is 5.95 Å². The van der Waals surface area contributed by atoms with Crippen molar-refractivity contribution < 1.29 is 0 Å². The van der Waals surface area contributed by atoms with Crippen LogP contribution in [0.5, 0.6) is 0 Å². The number of pyridine rings is 1. The first-order chi connectivity index (χ1) is 10.8. The standard InChI is InChI=1S/C16H16N6/c1-11-4-6-12(7-5-11)15-9-14(13-3-2-8-17-10-13)18-16-19-20-21-22(15)16/h2-8,10,14-15H,9H2,1H3,(H,18,19,21)/t14-,15+/m0/s1. The highest BCUT2D eigenvalue weighted by molar-refractivity contribution is 5.37. The van der Waals surface area contributed by atoms with E-state index in [9.17, 15) is 0 Å². The molecule has 0 unspecified atom stereocenters. The van der Waals surface area contributed by atoms with Gasteiger partial charge in [0, 0.05) is 12.4 Å². The lowest BCUT2D eigenvalue weighted by Crippen LogP contribution is -2.28. The van der Waals surface area contributed by atoms with Crippen molar-refractivity contribution in [1.29, 1.82) is 0 Å². The molecule has 3 heterocycles. The minimum absolute atomic E-state index is 0.122. The van der Waals surface area contributed by atoms with Crippen molar-refractivity contribution in [3.8, 4) is 0 Å². The molecule has 1 aromatic carbocycles. The molecule has 6 heteroatoms. The van der Waals surface area contributed by atoms with Gasteiger partial charge in [-0.3, -0.25) is 4.98 Å². The summed E-state index contributed by atoms with van der Waals surface area (Å²) < 4.78 is 1.86. The fourth-order valence-corrected chi connectivity index (χ4v) is 2.90. The molecule has 1 aliphatic heterocycles. The summed E-state index contributed by atoms with van der Waals surface area (Å²) in [5.74, 6) is 0.700. The van der Waals surface area contributed by atoms with E-state index in [2.05, 4.69) is 63.1 Å². The van der Waals surface area contributed by atoms with Gasteiger partial charge in [0.05, 0.1) is 12.1 Å². The van der Waals surface area contributed by atoms with E-state index in [0.717, 1.165) is 12.0 Å². The highest BCUT2D eigenvalue weighted by atomic mass is 15.6. The Hall–Kier alpha value is -2.76. The Labute approximate surface area is 128 Å². The Morgan fingerprint density at radius 2 is 2.00 bits per heavy atom. The second-order valence-electron chi connectivity index (χ2n) is 5.59. The van der Waals surface area contributed by atoms with Crippen LogP contribution >= 0.6 is 0 Å². The number of benzene rings is 1. The number of tetrazole rings is 1. The van der Waals surface area contributed by atoms with Gasteiger partial charge in [0.1, 0.15) is 0 Å². The van der Waals surface area contributed by atoms with Gasteiger partial charge in [0.25, 0.3) is 0 Å². The predicted octanol–water partition coefficient (Wildman–Crippen LogP) is 2.52. The number of nitrogens with one attached hydrogen (secondary N) is 1. The van der Waals surface area contributed by atoms with Crippen molar-refractivity contribution in [3.05, 3.63) is 65.5 Å². The lowest BCUT2D eigenvalue weighted by Gasteiger charge is -2.30. The zero-order valence-corrected chi connectivity index (χ0v) is 12.2. The molecular weight excluding hydrogens is 276 g/mol. The van der Waals surface area contributed by atoms with E-state index in [4.69, 9.17) is 0 Å². The van der Waals surface area contributed by atoms with Crippen LogP contribution in [0.25, 0.3) is 0 Å². The van der Waals surface area contributed by atoms with Gasteiger partial charge in [0.15, 0.2) is 0 Å². The van der Waals surface area contributed by atoms with Gasteiger partial charge in [-0.2, -0.15) is 0 Å². The van der Waals surface area contributed by atoms with E-state index in [1.54, 1.807) is 6.20 Å². The van der Waals surface area contributed by atoms with E-state index in [-0.39, 0.29) is 12.1 Å². The second kappa shape index (κ2) is 5.22. The third kappa shape index (κ3) is 2.22. The maximum Gasteiger partial charge on any atom is 0.243 e. The molecule has 1 aliphatic rings. The van der Waals surface area contributed by atoms with Crippen LogP contribution in [0.1, 0.15) is 35.2 Å². The van der Waals surface area contributed by atoms with E-state index < -0.39 is 0 Å². The van der Waals surface area contributed by atoms with E-state index in [1.165, 1.54) is 11.1 Å². The number of aryl methyl sites for hydroxylation is 1. The normalized spacial score (nSPS) is 20.2. The summed E-state index contributed by atoms with van der Waals surface area (Å²) in [6, 6.07) is 12.9. The first-order valence-corrected chi connectivity index (χ1v) is 7.32. The van der Waals surface area contributed by atoms with Crippen molar-refractivity contribution in [3.63, 3.8) is 0 Å². The molecule has 3 aromatic rings. The van der Waals surface area contributed by atoms with Crippen LogP contribution in [0.4, 0.5) is 5.95 Å². The Kier molecular flexibility index (Phi) is 3.07. The third-order valence-corrected chi connectivity index (χ3v) is 4.10. The molecule has 110 valence electrons. The first-order valence-electron chi connectivity index (χ1n) is 7.32. The molecule has 0 bridgehead atoms. The number of aromatic nitrogens is 5. The van der Waals surface area contributed by atoms with Crippen LogP contribution in [-0.4, -0.2) is 25.2 Å². The molecule has 0 saturated carbocycles. The van der Waals surface area contributed by atoms with Crippen LogP contribution in [0, 0.1) is 6.92 Å². The number of anilines is 1. The van der Waals surface area contributed by atoms with Crippen molar-refractivity contribution in [2.45, 2.75) is 25.4 Å². The van der Waals surface area contributed by atoms with E-state index >= 15 is 0 Å². The van der Waals surface area contributed by atoms with Gasteiger partial charge >= 0.3 is 0 Å². The maximum absolute atomic E-state index is 4.21. The van der Waals surface area contributed by atoms with Crippen molar-refractivity contribution in [1.82, 2.24) is 25.2 Å². The van der Waals surface area contributed by atoms with Gasteiger partial charge in [0.2, 0.25) is 5.95 Å². The van der Waals surface area contributed by atoms with Gasteiger partial charge in [-0.25, -0.2) is 4.68 Å². The predicted molar refractivity (Wildman–Crippen MR) is 82.4 cm³/mol. The van der Waals surface area contributed by atoms with E-state index in [1.807, 2.05) is 16.9 Å².